The van der Waals surface area contributed by atoms with Crippen LogP contribution in [0.3, 0.4) is 0 Å². The molecule has 0 bridgehead atoms. The number of hydrogen-bond donors (Lipinski definition) is 2. The van der Waals surface area contributed by atoms with Crippen LogP contribution in [-0.2, 0) is 0 Å². The quantitative estimate of drug-likeness (QED) is 0.408. The molecular formula is C23H20ClN5O2S. The number of aryl methyl sites for hydroxylation is 1. The molecule has 0 atom stereocenters. The summed E-state index contributed by atoms with van der Waals surface area (Å²) < 4.78 is 5.39. The second-order valence-corrected chi connectivity index (χ2v) is 7.83. The van der Waals surface area contributed by atoms with E-state index in [1.54, 1.807) is 23.0 Å². The number of aromatic nitrogens is 3. The number of benzene rings is 3. The van der Waals surface area contributed by atoms with E-state index in [0.29, 0.717) is 34.1 Å². The van der Waals surface area contributed by atoms with E-state index in [1.807, 2.05) is 56.3 Å². The van der Waals surface area contributed by atoms with Crippen molar-refractivity contribution in [2.24, 2.45) is 0 Å². The Bertz CT molecular complexity index is 1300. The van der Waals surface area contributed by atoms with Gasteiger partial charge in [-0.25, -0.2) is 0 Å². The molecule has 2 N–H and O–H groups in total. The first kappa shape index (κ1) is 21.7. The Morgan fingerprint density at radius 2 is 1.81 bits per heavy atom. The largest absolute Gasteiger partial charge is 0.492 e. The number of amides is 1. The van der Waals surface area contributed by atoms with Crippen LogP contribution in [0.1, 0.15) is 22.8 Å². The van der Waals surface area contributed by atoms with Gasteiger partial charge in [0.05, 0.1) is 17.3 Å². The lowest BCUT2D eigenvalue weighted by Gasteiger charge is -2.11. The van der Waals surface area contributed by atoms with Crippen LogP contribution in [0.15, 0.2) is 60.7 Å². The lowest BCUT2D eigenvalue weighted by Crippen LogP contribution is -2.34. The minimum atomic E-state index is -0.376. The Labute approximate surface area is 195 Å². The Balaban J connectivity index is 1.44. The molecule has 7 nitrogen and oxygen atoms in total. The zero-order chi connectivity index (χ0) is 22.7. The van der Waals surface area contributed by atoms with Gasteiger partial charge >= 0.3 is 0 Å². The highest BCUT2D eigenvalue weighted by atomic mass is 35.5. The van der Waals surface area contributed by atoms with Crippen molar-refractivity contribution in [2.75, 3.05) is 11.9 Å². The van der Waals surface area contributed by atoms with Gasteiger partial charge in [0.2, 0.25) is 0 Å². The number of rotatable bonds is 5. The van der Waals surface area contributed by atoms with Gasteiger partial charge in [0.15, 0.2) is 5.11 Å². The number of fused-ring (bicyclic) bond motifs is 1. The SMILES string of the molecule is CCOc1ccc(C(=O)NC(=S)Nc2ccc3nn(-c4ccc(C)cc4)nc3c2)cc1Cl. The molecule has 1 amide bonds. The van der Waals surface area contributed by atoms with E-state index in [0.717, 1.165) is 11.2 Å². The highest BCUT2D eigenvalue weighted by molar-refractivity contribution is 7.80. The molecule has 9 heteroatoms. The van der Waals surface area contributed by atoms with E-state index in [1.165, 1.54) is 5.56 Å². The van der Waals surface area contributed by atoms with Gasteiger partial charge in [0.1, 0.15) is 16.8 Å². The molecule has 3 aromatic carbocycles. The predicted molar refractivity (Wildman–Crippen MR) is 130 cm³/mol. The average molecular weight is 466 g/mol. The first-order chi connectivity index (χ1) is 15.4. The van der Waals surface area contributed by atoms with Crippen LogP contribution in [0, 0.1) is 6.92 Å². The normalized spacial score (nSPS) is 10.7. The van der Waals surface area contributed by atoms with Gasteiger partial charge in [0.25, 0.3) is 5.91 Å². The van der Waals surface area contributed by atoms with Crippen LogP contribution >= 0.6 is 23.8 Å². The summed E-state index contributed by atoms with van der Waals surface area (Å²) in [5, 5.41) is 15.2. The van der Waals surface area contributed by atoms with E-state index in [-0.39, 0.29) is 11.0 Å². The van der Waals surface area contributed by atoms with Crippen molar-refractivity contribution in [2.45, 2.75) is 13.8 Å². The molecule has 4 rings (SSSR count). The Morgan fingerprint density at radius 1 is 1.06 bits per heavy atom. The second-order valence-electron chi connectivity index (χ2n) is 7.01. The summed E-state index contributed by atoms with van der Waals surface area (Å²) in [6, 6.07) is 18.3. The van der Waals surface area contributed by atoms with Crippen LogP contribution in [0.4, 0.5) is 5.69 Å². The topological polar surface area (TPSA) is 81.1 Å². The van der Waals surface area contributed by atoms with Crippen LogP contribution in [-0.4, -0.2) is 32.6 Å². The zero-order valence-corrected chi connectivity index (χ0v) is 19.0. The molecule has 1 aromatic heterocycles. The van der Waals surface area contributed by atoms with Gasteiger partial charge in [-0.05, 0) is 74.6 Å². The van der Waals surface area contributed by atoms with Crippen molar-refractivity contribution < 1.29 is 9.53 Å². The van der Waals surface area contributed by atoms with E-state index >= 15 is 0 Å². The first-order valence-corrected chi connectivity index (χ1v) is 10.7. The number of ether oxygens (including phenoxy) is 1. The summed E-state index contributed by atoms with van der Waals surface area (Å²) >= 11 is 11.4. The molecule has 0 fully saturated rings. The molecule has 4 aromatic rings. The van der Waals surface area contributed by atoms with Gasteiger partial charge in [0, 0.05) is 11.3 Å². The van der Waals surface area contributed by atoms with Gasteiger partial charge in [-0.15, -0.1) is 10.2 Å². The van der Waals surface area contributed by atoms with Crippen molar-refractivity contribution >= 4 is 51.6 Å². The fraction of sp³-hybridized carbons (Fsp3) is 0.130. The summed E-state index contributed by atoms with van der Waals surface area (Å²) in [7, 11) is 0. The minimum absolute atomic E-state index is 0.158. The zero-order valence-electron chi connectivity index (χ0n) is 17.4. The molecule has 0 aliphatic carbocycles. The van der Waals surface area contributed by atoms with Crippen LogP contribution in [0.25, 0.3) is 16.7 Å². The molecule has 0 unspecified atom stereocenters. The third kappa shape index (κ3) is 4.87. The first-order valence-electron chi connectivity index (χ1n) is 9.92. The van der Waals surface area contributed by atoms with Gasteiger partial charge in [-0.3, -0.25) is 10.1 Å². The Kier molecular flexibility index (Phi) is 6.34. The molecule has 0 aliphatic rings. The van der Waals surface area contributed by atoms with Crippen molar-refractivity contribution in [3.63, 3.8) is 0 Å². The summed E-state index contributed by atoms with van der Waals surface area (Å²) in [6.07, 6.45) is 0. The lowest BCUT2D eigenvalue weighted by molar-refractivity contribution is 0.0977. The maximum atomic E-state index is 12.5. The van der Waals surface area contributed by atoms with Crippen LogP contribution in [0.5, 0.6) is 5.75 Å². The molecule has 162 valence electrons. The molecule has 0 saturated carbocycles. The number of hydrogen-bond acceptors (Lipinski definition) is 5. The summed E-state index contributed by atoms with van der Waals surface area (Å²) in [5.41, 5.74) is 4.54. The molecule has 0 saturated heterocycles. The van der Waals surface area contributed by atoms with Crippen molar-refractivity contribution in [3.05, 3.63) is 76.8 Å². The highest BCUT2D eigenvalue weighted by Gasteiger charge is 2.12. The van der Waals surface area contributed by atoms with E-state index in [9.17, 15) is 4.79 Å². The smallest absolute Gasteiger partial charge is 0.257 e. The molecule has 0 spiro atoms. The van der Waals surface area contributed by atoms with Gasteiger partial charge in [-0.1, -0.05) is 29.3 Å². The summed E-state index contributed by atoms with van der Waals surface area (Å²) in [6.45, 7) is 4.38. The van der Waals surface area contributed by atoms with E-state index < -0.39 is 0 Å². The van der Waals surface area contributed by atoms with Crippen molar-refractivity contribution in [3.8, 4) is 11.4 Å². The number of nitrogens with zero attached hydrogens (tertiary/aromatic N) is 3. The lowest BCUT2D eigenvalue weighted by atomic mass is 10.2. The number of carbonyl (C=O) groups is 1. The maximum Gasteiger partial charge on any atom is 0.257 e. The second kappa shape index (κ2) is 9.33. The molecule has 0 radical (unpaired) electrons. The Morgan fingerprint density at radius 3 is 2.53 bits per heavy atom. The van der Waals surface area contributed by atoms with Crippen molar-refractivity contribution in [1.82, 2.24) is 20.3 Å². The maximum absolute atomic E-state index is 12.5. The molecule has 0 aliphatic heterocycles. The molecule has 32 heavy (non-hydrogen) atoms. The number of nitrogens with one attached hydrogen (secondary N) is 2. The minimum Gasteiger partial charge on any atom is -0.492 e. The molecular weight excluding hydrogens is 446 g/mol. The van der Waals surface area contributed by atoms with Crippen LogP contribution in [0.2, 0.25) is 5.02 Å². The highest BCUT2D eigenvalue weighted by Crippen LogP contribution is 2.25. The third-order valence-corrected chi connectivity index (χ3v) is 5.12. The van der Waals surface area contributed by atoms with E-state index in [4.69, 9.17) is 28.6 Å². The van der Waals surface area contributed by atoms with Crippen LogP contribution < -0.4 is 15.4 Å². The number of carbonyl (C=O) groups excluding carboxylic acids is 1. The number of anilines is 1. The Hall–Kier alpha value is -3.49. The molecule has 1 heterocycles. The fourth-order valence-electron chi connectivity index (χ4n) is 3.04. The third-order valence-electron chi connectivity index (χ3n) is 4.62. The number of halogens is 1. The predicted octanol–water partition coefficient (Wildman–Crippen LogP) is 4.91. The fourth-order valence-corrected chi connectivity index (χ4v) is 3.48. The standard InChI is InChI=1S/C23H20ClN5O2S/c1-3-31-21-11-6-15(12-18(21)24)22(30)26-23(32)25-16-7-10-19-20(13-16)28-29(27-19)17-8-4-14(2)5-9-17/h4-13H,3H2,1-2H3,(H2,25,26,30,32). The van der Waals surface area contributed by atoms with Gasteiger partial charge < -0.3 is 10.1 Å². The summed E-state index contributed by atoms with van der Waals surface area (Å²) in [5.74, 6) is 0.150. The average Bonchev–Trinajstić information content (AvgIpc) is 3.19. The number of thiocarbonyl (C=S) groups is 1. The summed E-state index contributed by atoms with van der Waals surface area (Å²) in [4.78, 5) is 14.1. The van der Waals surface area contributed by atoms with Crippen molar-refractivity contribution in [1.29, 1.82) is 0 Å². The monoisotopic (exact) mass is 465 g/mol. The van der Waals surface area contributed by atoms with E-state index in [2.05, 4.69) is 20.8 Å². The van der Waals surface area contributed by atoms with Gasteiger partial charge in [-0.2, -0.15) is 4.80 Å².